The van der Waals surface area contributed by atoms with E-state index in [1.54, 1.807) is 30.3 Å². The number of aromatic hydroxyl groups is 2. The number of hydrogen-bond acceptors (Lipinski definition) is 6. The molecule has 0 saturated heterocycles. The molecule has 36 heavy (non-hydrogen) atoms. The minimum absolute atomic E-state index is 0.0833. The summed E-state index contributed by atoms with van der Waals surface area (Å²) in [6.07, 6.45) is 0. The van der Waals surface area contributed by atoms with Crippen LogP contribution >= 0.6 is 0 Å². The number of aryl methyl sites for hydroxylation is 1. The Labute approximate surface area is 208 Å². The Balaban J connectivity index is 1.78. The molecule has 3 N–H and O–H groups in total. The number of hydrogen-bond donors (Lipinski definition) is 3. The lowest BCUT2D eigenvalue weighted by atomic mass is 9.92. The number of methoxy groups -OCH3 is 2. The summed E-state index contributed by atoms with van der Waals surface area (Å²) in [6.45, 7) is 2.27. The first-order chi connectivity index (χ1) is 17.3. The molecule has 0 saturated carbocycles. The predicted molar refractivity (Wildman–Crippen MR) is 136 cm³/mol. The molecule has 0 aliphatic rings. The van der Waals surface area contributed by atoms with Crippen LogP contribution in [0.2, 0.25) is 0 Å². The van der Waals surface area contributed by atoms with E-state index >= 15 is 0 Å². The summed E-state index contributed by atoms with van der Waals surface area (Å²) in [7, 11) is 2.83. The fourth-order valence-corrected chi connectivity index (χ4v) is 4.00. The summed E-state index contributed by atoms with van der Waals surface area (Å²) in [5.74, 6) is -0.602. The van der Waals surface area contributed by atoms with Crippen LogP contribution in [0.5, 0.6) is 28.7 Å². The highest BCUT2D eigenvalue weighted by Gasteiger charge is 2.27. The molecule has 0 bridgehead atoms. The number of aromatic carboxylic acids is 1. The Morgan fingerprint density at radius 1 is 0.806 bits per heavy atom. The zero-order valence-electron chi connectivity index (χ0n) is 20.1. The first kappa shape index (κ1) is 24.5. The Bertz CT molecular complexity index is 1390. The summed E-state index contributed by atoms with van der Waals surface area (Å²) >= 11 is 0. The van der Waals surface area contributed by atoms with Crippen molar-refractivity contribution in [3.8, 4) is 51.0 Å². The van der Waals surface area contributed by atoms with Crippen molar-refractivity contribution in [2.24, 2.45) is 0 Å². The number of phenolic OH excluding ortho intramolecular Hbond substituents is 2. The molecule has 0 heterocycles. The van der Waals surface area contributed by atoms with Crippen LogP contribution in [0, 0.1) is 6.92 Å². The zero-order valence-corrected chi connectivity index (χ0v) is 20.1. The Hall–Kier alpha value is -4.65. The van der Waals surface area contributed by atoms with Crippen molar-refractivity contribution < 1.29 is 34.3 Å². The predicted octanol–water partition coefficient (Wildman–Crippen LogP) is 6.03. The smallest absolute Gasteiger partial charge is 0.340 e. The molecule has 0 amide bonds. The maximum Gasteiger partial charge on any atom is 0.340 e. The Morgan fingerprint density at radius 2 is 1.47 bits per heavy atom. The van der Waals surface area contributed by atoms with Crippen molar-refractivity contribution in [1.29, 1.82) is 0 Å². The third-order valence-electron chi connectivity index (χ3n) is 5.82. The number of carboxylic acid groups (broad SMARTS) is 1. The third-order valence-corrected chi connectivity index (χ3v) is 5.82. The quantitative estimate of drug-likeness (QED) is 0.279. The lowest BCUT2D eigenvalue weighted by molar-refractivity contribution is 0.0694. The minimum Gasteiger partial charge on any atom is -0.508 e. The lowest BCUT2D eigenvalue weighted by Crippen LogP contribution is -2.07. The third kappa shape index (κ3) is 4.90. The molecule has 0 fully saturated rings. The van der Waals surface area contributed by atoms with Gasteiger partial charge < -0.3 is 29.5 Å². The molecule has 0 aliphatic heterocycles. The highest BCUT2D eigenvalue weighted by molar-refractivity contribution is 6.04. The van der Waals surface area contributed by atoms with E-state index in [9.17, 15) is 20.1 Å². The van der Waals surface area contributed by atoms with Crippen molar-refractivity contribution in [3.05, 3.63) is 89.5 Å². The Kier molecular flexibility index (Phi) is 7.01. The normalized spacial score (nSPS) is 10.6. The summed E-state index contributed by atoms with van der Waals surface area (Å²) in [5.41, 5.74) is 3.77. The van der Waals surface area contributed by atoms with Crippen molar-refractivity contribution in [1.82, 2.24) is 0 Å². The highest BCUT2D eigenvalue weighted by atomic mass is 16.5. The minimum atomic E-state index is -1.22. The van der Waals surface area contributed by atoms with E-state index < -0.39 is 5.97 Å². The second-order valence-corrected chi connectivity index (χ2v) is 8.22. The maximum atomic E-state index is 12.5. The van der Waals surface area contributed by atoms with Gasteiger partial charge in [0.2, 0.25) is 0 Å². The van der Waals surface area contributed by atoms with Crippen LogP contribution in [0.3, 0.4) is 0 Å². The second kappa shape index (κ2) is 10.3. The number of benzene rings is 4. The molecule has 0 atom stereocenters. The molecule has 0 aliphatic carbocycles. The SMILES string of the molecule is COc1cc(-c2ccc(O)cc2)c(OC)c(C(=O)O)c1-c1ccc(OCc2ccc(C)cc2)c(O)c1. The van der Waals surface area contributed by atoms with Crippen molar-refractivity contribution in [2.45, 2.75) is 13.5 Å². The van der Waals surface area contributed by atoms with Crippen LogP contribution < -0.4 is 14.2 Å². The molecule has 0 aromatic heterocycles. The van der Waals surface area contributed by atoms with E-state index in [1.807, 2.05) is 31.2 Å². The van der Waals surface area contributed by atoms with Crippen LogP contribution in [0.15, 0.2) is 72.8 Å². The fourth-order valence-electron chi connectivity index (χ4n) is 4.00. The molecule has 0 spiro atoms. The van der Waals surface area contributed by atoms with Gasteiger partial charge in [0.05, 0.1) is 14.2 Å². The van der Waals surface area contributed by atoms with Gasteiger partial charge in [0.25, 0.3) is 0 Å². The van der Waals surface area contributed by atoms with Gasteiger partial charge in [0.15, 0.2) is 11.5 Å². The number of carbonyl (C=O) groups is 1. The topological polar surface area (TPSA) is 105 Å². The molecule has 7 nitrogen and oxygen atoms in total. The van der Waals surface area contributed by atoms with Crippen molar-refractivity contribution in [2.75, 3.05) is 14.2 Å². The largest absolute Gasteiger partial charge is 0.508 e. The summed E-state index contributed by atoms with van der Waals surface area (Å²) in [4.78, 5) is 12.5. The van der Waals surface area contributed by atoms with Gasteiger partial charge in [-0.15, -0.1) is 0 Å². The zero-order chi connectivity index (χ0) is 25.8. The van der Waals surface area contributed by atoms with E-state index in [4.69, 9.17) is 14.2 Å². The molecule has 7 heteroatoms. The van der Waals surface area contributed by atoms with Gasteiger partial charge in [-0.2, -0.15) is 0 Å². The van der Waals surface area contributed by atoms with Crippen molar-refractivity contribution >= 4 is 5.97 Å². The average molecular weight is 487 g/mol. The van der Waals surface area contributed by atoms with Crippen LogP contribution in [-0.4, -0.2) is 35.5 Å². The summed E-state index contributed by atoms with van der Waals surface area (Å²) < 4.78 is 16.9. The van der Waals surface area contributed by atoms with E-state index in [2.05, 4.69) is 0 Å². The number of ether oxygens (including phenoxy) is 3. The second-order valence-electron chi connectivity index (χ2n) is 8.22. The molecular weight excluding hydrogens is 460 g/mol. The van der Waals surface area contributed by atoms with Crippen LogP contribution in [-0.2, 0) is 6.61 Å². The van der Waals surface area contributed by atoms with Crippen LogP contribution in [0.4, 0.5) is 0 Å². The van der Waals surface area contributed by atoms with Gasteiger partial charge in [-0.25, -0.2) is 4.79 Å². The molecule has 4 aromatic rings. The molecular formula is C29H26O7. The summed E-state index contributed by atoms with van der Waals surface area (Å²) in [6, 6.07) is 20.5. The molecule has 0 radical (unpaired) electrons. The summed E-state index contributed by atoms with van der Waals surface area (Å²) in [5, 5.41) is 30.5. The number of carboxylic acids is 1. The van der Waals surface area contributed by atoms with Gasteiger partial charge >= 0.3 is 5.97 Å². The van der Waals surface area contributed by atoms with Crippen LogP contribution in [0.1, 0.15) is 21.5 Å². The van der Waals surface area contributed by atoms with Crippen LogP contribution in [0.25, 0.3) is 22.3 Å². The molecule has 184 valence electrons. The van der Waals surface area contributed by atoms with E-state index in [0.717, 1.165) is 11.1 Å². The number of phenols is 2. The van der Waals surface area contributed by atoms with Gasteiger partial charge in [0.1, 0.15) is 29.4 Å². The highest BCUT2D eigenvalue weighted by Crippen LogP contribution is 2.46. The van der Waals surface area contributed by atoms with E-state index in [1.165, 1.54) is 32.4 Å². The Morgan fingerprint density at radius 3 is 2.06 bits per heavy atom. The maximum absolute atomic E-state index is 12.5. The lowest BCUT2D eigenvalue weighted by Gasteiger charge is -2.20. The monoisotopic (exact) mass is 486 g/mol. The first-order valence-corrected chi connectivity index (χ1v) is 11.2. The van der Waals surface area contributed by atoms with Gasteiger partial charge in [-0.3, -0.25) is 0 Å². The fraction of sp³-hybridized carbons (Fsp3) is 0.138. The number of rotatable bonds is 8. The average Bonchev–Trinajstić information content (AvgIpc) is 2.88. The molecule has 4 aromatic carbocycles. The molecule has 0 unspecified atom stereocenters. The van der Waals surface area contributed by atoms with Crippen molar-refractivity contribution in [3.63, 3.8) is 0 Å². The van der Waals surface area contributed by atoms with Gasteiger partial charge in [0, 0.05) is 11.1 Å². The standard InChI is InChI=1S/C29H26O7/c1-17-4-6-18(7-5-17)16-36-24-13-10-20(14-23(24)31)26-25(34-2)15-22(19-8-11-21(30)12-9-19)28(35-3)27(26)29(32)33/h4-15,30-31H,16H2,1-3H3,(H,32,33). The van der Waals surface area contributed by atoms with Gasteiger partial charge in [-0.05, 0) is 53.9 Å². The molecule has 4 rings (SSSR count). The first-order valence-electron chi connectivity index (χ1n) is 11.2. The van der Waals surface area contributed by atoms with E-state index in [-0.39, 0.29) is 46.5 Å². The van der Waals surface area contributed by atoms with E-state index in [0.29, 0.717) is 16.7 Å². The van der Waals surface area contributed by atoms with Gasteiger partial charge in [-0.1, -0.05) is 48.0 Å².